The molecule has 2 N–H and O–H groups in total. The number of fused-ring (bicyclic) bond motifs is 2. The van der Waals surface area contributed by atoms with Crippen molar-refractivity contribution in [3.05, 3.63) is 54.1 Å². The number of ether oxygens (including phenoxy) is 7. The maximum Gasteiger partial charge on any atom is 0.332 e. The van der Waals surface area contributed by atoms with Gasteiger partial charge in [0.25, 0.3) is 0 Å². The molecule has 2 aromatic rings. The molecule has 3 heterocycles. The number of carboxylic acid groups (broad SMARTS) is 1. The molecule has 0 aliphatic carbocycles. The monoisotopic (exact) mass is 501 g/mol. The minimum atomic E-state index is -1.18. The zero-order valence-corrected chi connectivity index (χ0v) is 19.7. The first-order valence-corrected chi connectivity index (χ1v) is 11.6. The van der Waals surface area contributed by atoms with Crippen molar-refractivity contribution in [2.45, 2.75) is 56.9 Å². The third-order valence-electron chi connectivity index (χ3n) is 6.09. The average molecular weight is 501 g/mol. The molecule has 3 aliphatic rings. The van der Waals surface area contributed by atoms with Gasteiger partial charge in [-0.1, -0.05) is 30.3 Å². The van der Waals surface area contributed by atoms with Gasteiger partial charge in [-0.15, -0.1) is 0 Å². The van der Waals surface area contributed by atoms with Crippen LogP contribution in [0, 0.1) is 0 Å². The number of hydrogen-bond donors (Lipinski definition) is 2. The molecule has 0 bridgehead atoms. The highest BCUT2D eigenvalue weighted by atomic mass is 16.8. The topological polar surface area (TPSA) is 131 Å². The van der Waals surface area contributed by atoms with Crippen LogP contribution in [0.25, 0.3) is 0 Å². The summed E-state index contributed by atoms with van der Waals surface area (Å²) in [6.45, 7) is 3.01. The van der Waals surface area contributed by atoms with E-state index in [0.29, 0.717) is 17.2 Å². The van der Waals surface area contributed by atoms with E-state index in [1.165, 1.54) is 13.8 Å². The Kier molecular flexibility index (Phi) is 6.97. The zero-order valence-electron chi connectivity index (χ0n) is 19.7. The minimum absolute atomic E-state index is 0.108. The Balaban J connectivity index is 1.44. The molecule has 2 aromatic carbocycles. The molecule has 0 spiro atoms. The van der Waals surface area contributed by atoms with Gasteiger partial charge < -0.3 is 43.6 Å². The summed E-state index contributed by atoms with van der Waals surface area (Å²) in [5.74, 6) is -0.0190. The first kappa shape index (κ1) is 24.3. The fraction of sp³-hybridized carbons (Fsp3) is 0.440. The molecule has 192 valence electrons. The van der Waals surface area contributed by atoms with E-state index < -0.39 is 49.0 Å². The second-order valence-corrected chi connectivity index (χ2v) is 8.66. The Hall–Kier alpha value is -3.38. The highest BCUT2D eigenvalue weighted by Crippen LogP contribution is 2.39. The van der Waals surface area contributed by atoms with E-state index in [0.717, 1.165) is 5.56 Å². The van der Waals surface area contributed by atoms with E-state index in [9.17, 15) is 14.7 Å². The van der Waals surface area contributed by atoms with Gasteiger partial charge in [0.2, 0.25) is 19.0 Å². The standard InChI is InChI=1S/C25H27NO10/c1-13(23(28)29)33-22-20(26-14(2)27)25(34-16-8-9-17-18(10-16)32-12-31-17)35-19-11-30-24(36-21(19)22)15-6-4-3-5-7-15/h3-10,13,19-22,24-25H,11-12H2,1-2H3,(H,26,27)(H,28,29). The van der Waals surface area contributed by atoms with E-state index in [1.807, 2.05) is 30.3 Å². The van der Waals surface area contributed by atoms with Gasteiger partial charge in [-0.25, -0.2) is 4.79 Å². The average Bonchev–Trinajstić information content (AvgIpc) is 3.34. The fourth-order valence-corrected chi connectivity index (χ4v) is 4.38. The summed E-state index contributed by atoms with van der Waals surface area (Å²) >= 11 is 0. The van der Waals surface area contributed by atoms with Crippen LogP contribution in [-0.2, 0) is 28.5 Å². The van der Waals surface area contributed by atoms with Gasteiger partial charge in [-0.3, -0.25) is 4.79 Å². The van der Waals surface area contributed by atoms with Crippen molar-refractivity contribution in [2.24, 2.45) is 0 Å². The molecule has 11 heteroatoms. The highest BCUT2D eigenvalue weighted by Gasteiger charge is 2.53. The van der Waals surface area contributed by atoms with Crippen LogP contribution in [-0.4, -0.2) is 67.1 Å². The lowest BCUT2D eigenvalue weighted by atomic mass is 9.95. The lowest BCUT2D eigenvalue weighted by Crippen LogP contribution is -2.68. The summed E-state index contributed by atoms with van der Waals surface area (Å²) in [4.78, 5) is 23.8. The molecule has 0 aromatic heterocycles. The third-order valence-corrected chi connectivity index (χ3v) is 6.09. The predicted molar refractivity (Wildman–Crippen MR) is 121 cm³/mol. The lowest BCUT2D eigenvalue weighted by Gasteiger charge is -2.49. The van der Waals surface area contributed by atoms with Gasteiger partial charge in [0.1, 0.15) is 30.1 Å². The third kappa shape index (κ3) is 5.09. The number of aliphatic carboxylic acids is 1. The number of benzene rings is 2. The van der Waals surface area contributed by atoms with Crippen molar-refractivity contribution < 1.29 is 47.9 Å². The molecule has 3 aliphatic heterocycles. The number of carbonyl (C=O) groups is 2. The Morgan fingerprint density at radius 1 is 1.08 bits per heavy atom. The molecular weight excluding hydrogens is 474 g/mol. The van der Waals surface area contributed by atoms with Crippen LogP contribution in [0.4, 0.5) is 0 Å². The number of amides is 1. The lowest BCUT2D eigenvalue weighted by molar-refractivity contribution is -0.340. The van der Waals surface area contributed by atoms with Crippen LogP contribution < -0.4 is 19.5 Å². The molecule has 0 saturated carbocycles. The molecule has 7 unspecified atom stereocenters. The van der Waals surface area contributed by atoms with E-state index in [4.69, 9.17) is 33.2 Å². The van der Waals surface area contributed by atoms with Gasteiger partial charge in [-0.2, -0.15) is 0 Å². The maximum absolute atomic E-state index is 12.2. The van der Waals surface area contributed by atoms with Crippen molar-refractivity contribution in [3.63, 3.8) is 0 Å². The molecular formula is C25H27NO10. The second kappa shape index (κ2) is 10.3. The zero-order chi connectivity index (χ0) is 25.2. The van der Waals surface area contributed by atoms with Gasteiger partial charge in [0.05, 0.1) is 6.61 Å². The number of rotatable bonds is 7. The van der Waals surface area contributed by atoms with Crippen LogP contribution in [0.5, 0.6) is 17.2 Å². The SMILES string of the molecule is CC(=O)NC1C(Oc2ccc3c(c2)OCO3)OC2COC(c3ccccc3)OC2C1OC(C)C(=O)O. The van der Waals surface area contributed by atoms with Crippen LogP contribution in [0.1, 0.15) is 25.7 Å². The number of carboxylic acids is 1. The van der Waals surface area contributed by atoms with Crippen LogP contribution in [0.3, 0.4) is 0 Å². The van der Waals surface area contributed by atoms with Gasteiger partial charge in [0.15, 0.2) is 23.9 Å². The summed E-state index contributed by atoms with van der Waals surface area (Å²) < 4.78 is 41.2. The molecule has 11 nitrogen and oxygen atoms in total. The van der Waals surface area contributed by atoms with Crippen molar-refractivity contribution in [3.8, 4) is 17.2 Å². The summed E-state index contributed by atoms with van der Waals surface area (Å²) in [5.41, 5.74) is 0.788. The van der Waals surface area contributed by atoms with E-state index in [1.54, 1.807) is 18.2 Å². The normalized spacial score (nSPS) is 29.6. The molecule has 0 radical (unpaired) electrons. The van der Waals surface area contributed by atoms with Crippen molar-refractivity contribution in [1.29, 1.82) is 0 Å². The van der Waals surface area contributed by atoms with Crippen molar-refractivity contribution in [2.75, 3.05) is 13.4 Å². The van der Waals surface area contributed by atoms with E-state index in [2.05, 4.69) is 5.32 Å². The largest absolute Gasteiger partial charge is 0.479 e. The maximum atomic E-state index is 12.2. The summed E-state index contributed by atoms with van der Waals surface area (Å²) in [5, 5.41) is 12.3. The Morgan fingerprint density at radius 2 is 1.86 bits per heavy atom. The Labute approximate surface area is 207 Å². The van der Waals surface area contributed by atoms with E-state index >= 15 is 0 Å². The van der Waals surface area contributed by atoms with Crippen molar-refractivity contribution in [1.82, 2.24) is 5.32 Å². The molecule has 7 atom stereocenters. The Bertz CT molecular complexity index is 1100. The molecule has 36 heavy (non-hydrogen) atoms. The van der Waals surface area contributed by atoms with Gasteiger partial charge >= 0.3 is 5.97 Å². The van der Waals surface area contributed by atoms with Gasteiger partial charge in [-0.05, 0) is 19.1 Å². The molecule has 1 amide bonds. The molecule has 2 saturated heterocycles. The van der Waals surface area contributed by atoms with E-state index in [-0.39, 0.29) is 19.3 Å². The quantitative estimate of drug-likeness (QED) is 0.581. The predicted octanol–water partition coefficient (Wildman–Crippen LogP) is 2.00. The first-order chi connectivity index (χ1) is 17.4. The summed E-state index contributed by atoms with van der Waals surface area (Å²) in [6.07, 6.45) is -5.27. The smallest absolute Gasteiger partial charge is 0.332 e. The second-order valence-electron chi connectivity index (χ2n) is 8.66. The van der Waals surface area contributed by atoms with Gasteiger partial charge in [0, 0.05) is 18.6 Å². The fourth-order valence-electron chi connectivity index (χ4n) is 4.38. The molecule has 2 fully saturated rings. The summed E-state index contributed by atoms with van der Waals surface area (Å²) in [6, 6.07) is 13.5. The first-order valence-electron chi connectivity index (χ1n) is 11.6. The number of nitrogens with one attached hydrogen (secondary N) is 1. The summed E-state index contributed by atoms with van der Waals surface area (Å²) in [7, 11) is 0. The Morgan fingerprint density at radius 3 is 2.61 bits per heavy atom. The number of carbonyl (C=O) groups excluding carboxylic acids is 1. The van der Waals surface area contributed by atoms with Crippen LogP contribution in [0.2, 0.25) is 0 Å². The van der Waals surface area contributed by atoms with Crippen LogP contribution >= 0.6 is 0 Å². The molecule has 5 rings (SSSR count). The van der Waals surface area contributed by atoms with Crippen LogP contribution in [0.15, 0.2) is 48.5 Å². The highest BCUT2D eigenvalue weighted by molar-refractivity contribution is 5.73. The number of hydrogen-bond acceptors (Lipinski definition) is 9. The minimum Gasteiger partial charge on any atom is -0.479 e. The van der Waals surface area contributed by atoms with Crippen molar-refractivity contribution >= 4 is 11.9 Å².